The van der Waals surface area contributed by atoms with Gasteiger partial charge in [0, 0.05) is 15.8 Å². The smallest absolute Gasteiger partial charge is 0.126 e. The van der Waals surface area contributed by atoms with Gasteiger partial charge in [-0.05, 0) is 54.1 Å². The second-order valence-corrected chi connectivity index (χ2v) is 6.50. The van der Waals surface area contributed by atoms with E-state index in [2.05, 4.69) is 44.6 Å². The van der Waals surface area contributed by atoms with Gasteiger partial charge in [-0.1, -0.05) is 12.8 Å². The van der Waals surface area contributed by atoms with Crippen LogP contribution in [-0.2, 0) is 0 Å². The lowest BCUT2D eigenvalue weighted by molar-refractivity contribution is 0.474. The van der Waals surface area contributed by atoms with E-state index in [1.165, 1.54) is 25.7 Å². The number of aromatic nitrogens is 1. The van der Waals surface area contributed by atoms with E-state index in [9.17, 15) is 0 Å². The molecule has 0 aliphatic heterocycles. The molecule has 94 valence electrons. The second kappa shape index (κ2) is 6.10. The Kier molecular flexibility index (Phi) is 4.74. The zero-order chi connectivity index (χ0) is 12.3. The summed E-state index contributed by atoms with van der Waals surface area (Å²) < 4.78 is 1.08. The summed E-state index contributed by atoms with van der Waals surface area (Å²) in [6.07, 6.45) is 7.52. The van der Waals surface area contributed by atoms with Gasteiger partial charge in [0.25, 0.3) is 0 Å². The van der Waals surface area contributed by atoms with E-state index >= 15 is 0 Å². The predicted molar refractivity (Wildman–Crippen MR) is 79.9 cm³/mol. The molecular formula is C13H19BrN2S. The van der Waals surface area contributed by atoms with E-state index in [-0.39, 0.29) is 0 Å². The van der Waals surface area contributed by atoms with Crippen LogP contribution in [0.1, 0.15) is 31.4 Å². The van der Waals surface area contributed by atoms with Crippen LogP contribution in [0.15, 0.2) is 16.6 Å². The Morgan fingerprint density at radius 3 is 2.82 bits per heavy atom. The molecule has 2 nitrogen and oxygen atoms in total. The van der Waals surface area contributed by atoms with Crippen LogP contribution in [0, 0.1) is 6.92 Å². The summed E-state index contributed by atoms with van der Waals surface area (Å²) in [5.41, 5.74) is 1.05. The zero-order valence-electron chi connectivity index (χ0n) is 10.4. The first-order valence-corrected chi connectivity index (χ1v) is 8.21. The van der Waals surface area contributed by atoms with E-state index in [1.807, 2.05) is 18.7 Å². The van der Waals surface area contributed by atoms with Gasteiger partial charge in [-0.25, -0.2) is 4.98 Å². The first-order valence-electron chi connectivity index (χ1n) is 6.13. The minimum Gasteiger partial charge on any atom is -0.366 e. The topological polar surface area (TPSA) is 24.9 Å². The summed E-state index contributed by atoms with van der Waals surface area (Å²) in [5.74, 6) is 1.01. The van der Waals surface area contributed by atoms with Gasteiger partial charge in [-0.2, -0.15) is 11.8 Å². The average Bonchev–Trinajstić information content (AvgIpc) is 2.34. The highest BCUT2D eigenvalue weighted by Crippen LogP contribution is 2.29. The number of pyridine rings is 1. The van der Waals surface area contributed by atoms with Crippen molar-refractivity contribution in [3.63, 3.8) is 0 Å². The monoisotopic (exact) mass is 314 g/mol. The molecular weight excluding hydrogens is 296 g/mol. The minimum atomic E-state index is 0.576. The van der Waals surface area contributed by atoms with Crippen LogP contribution in [0.4, 0.5) is 5.82 Å². The third-order valence-electron chi connectivity index (χ3n) is 3.36. The van der Waals surface area contributed by atoms with Crippen molar-refractivity contribution < 1.29 is 0 Å². The van der Waals surface area contributed by atoms with Gasteiger partial charge >= 0.3 is 0 Å². The lowest BCUT2D eigenvalue weighted by atomic mass is 9.95. The van der Waals surface area contributed by atoms with E-state index in [0.717, 1.165) is 21.2 Å². The number of thioether (sulfide) groups is 1. The number of anilines is 1. The van der Waals surface area contributed by atoms with Crippen molar-refractivity contribution in [2.24, 2.45) is 0 Å². The SMILES string of the molecule is CSC1CCCCC1Nc1ccc(Br)c(C)n1. The third kappa shape index (κ3) is 3.38. The fourth-order valence-electron chi connectivity index (χ4n) is 2.36. The van der Waals surface area contributed by atoms with Crippen LogP contribution in [0.25, 0.3) is 0 Å². The molecule has 0 saturated heterocycles. The maximum absolute atomic E-state index is 4.57. The van der Waals surface area contributed by atoms with Gasteiger partial charge in [-0.3, -0.25) is 0 Å². The first kappa shape index (κ1) is 13.2. The molecule has 0 spiro atoms. The second-order valence-electron chi connectivity index (χ2n) is 4.57. The number of aryl methyl sites for hydroxylation is 1. The van der Waals surface area contributed by atoms with Crippen LogP contribution in [0.5, 0.6) is 0 Å². The van der Waals surface area contributed by atoms with Gasteiger partial charge in [-0.15, -0.1) is 0 Å². The molecule has 0 bridgehead atoms. The van der Waals surface area contributed by atoms with Gasteiger partial charge in [0.15, 0.2) is 0 Å². The van der Waals surface area contributed by atoms with Crippen molar-refractivity contribution in [3.8, 4) is 0 Å². The Hall–Kier alpha value is -0.220. The van der Waals surface area contributed by atoms with Gasteiger partial charge in [0.05, 0.1) is 5.69 Å². The van der Waals surface area contributed by atoms with Crippen LogP contribution >= 0.6 is 27.7 Å². The number of hydrogen-bond acceptors (Lipinski definition) is 3. The lowest BCUT2D eigenvalue weighted by Gasteiger charge is -2.31. The highest BCUT2D eigenvalue weighted by atomic mass is 79.9. The molecule has 1 fully saturated rings. The molecule has 4 heteroatoms. The van der Waals surface area contributed by atoms with Crippen molar-refractivity contribution in [2.45, 2.75) is 43.9 Å². The van der Waals surface area contributed by atoms with Crippen LogP contribution in [-0.4, -0.2) is 22.5 Å². The van der Waals surface area contributed by atoms with Crippen LogP contribution in [0.3, 0.4) is 0 Å². The fourth-order valence-corrected chi connectivity index (χ4v) is 3.51. The molecule has 1 aliphatic carbocycles. The molecule has 2 rings (SSSR count). The Balaban J connectivity index is 2.05. The van der Waals surface area contributed by atoms with E-state index in [4.69, 9.17) is 0 Å². The van der Waals surface area contributed by atoms with Crippen molar-refractivity contribution >= 4 is 33.5 Å². The maximum atomic E-state index is 4.57. The summed E-state index contributed by atoms with van der Waals surface area (Å²) in [4.78, 5) is 4.57. The molecule has 1 aromatic rings. The molecule has 2 unspecified atom stereocenters. The van der Waals surface area contributed by atoms with Gasteiger partial charge < -0.3 is 5.32 Å². The number of nitrogens with one attached hydrogen (secondary N) is 1. The number of nitrogens with zero attached hydrogens (tertiary/aromatic N) is 1. The first-order chi connectivity index (χ1) is 8.20. The molecule has 0 radical (unpaired) electrons. The molecule has 1 saturated carbocycles. The van der Waals surface area contributed by atoms with Crippen LogP contribution in [0.2, 0.25) is 0 Å². The van der Waals surface area contributed by atoms with Crippen LogP contribution < -0.4 is 5.32 Å². The zero-order valence-corrected chi connectivity index (χ0v) is 12.8. The summed E-state index contributed by atoms with van der Waals surface area (Å²) >= 11 is 5.47. The largest absolute Gasteiger partial charge is 0.366 e. The number of rotatable bonds is 3. The van der Waals surface area contributed by atoms with E-state index in [0.29, 0.717) is 6.04 Å². The summed E-state index contributed by atoms with van der Waals surface area (Å²) in [6.45, 7) is 2.03. The summed E-state index contributed by atoms with van der Waals surface area (Å²) in [6, 6.07) is 4.71. The Morgan fingerprint density at radius 2 is 2.12 bits per heavy atom. The molecule has 2 atom stereocenters. The Labute approximate surface area is 116 Å². The third-order valence-corrected chi connectivity index (χ3v) is 5.37. The number of halogens is 1. The quantitative estimate of drug-likeness (QED) is 0.903. The highest BCUT2D eigenvalue weighted by Gasteiger charge is 2.24. The van der Waals surface area contributed by atoms with Crippen molar-refractivity contribution in [3.05, 3.63) is 22.3 Å². The normalized spacial score (nSPS) is 24.6. The highest BCUT2D eigenvalue weighted by molar-refractivity contribution is 9.10. The Bertz CT molecular complexity index is 384. The molecule has 0 aromatic carbocycles. The molecule has 1 aromatic heterocycles. The average molecular weight is 315 g/mol. The molecule has 1 N–H and O–H groups in total. The molecule has 17 heavy (non-hydrogen) atoms. The van der Waals surface area contributed by atoms with Crippen molar-refractivity contribution in [2.75, 3.05) is 11.6 Å². The summed E-state index contributed by atoms with van der Waals surface area (Å²) in [5, 5.41) is 4.33. The van der Waals surface area contributed by atoms with Crippen molar-refractivity contribution in [1.82, 2.24) is 4.98 Å². The van der Waals surface area contributed by atoms with Gasteiger partial charge in [0.1, 0.15) is 5.82 Å². The molecule has 0 amide bonds. The lowest BCUT2D eigenvalue weighted by Crippen LogP contribution is -2.34. The standard InChI is InChI=1S/C13H19BrN2S/c1-9-10(14)7-8-13(15-9)16-11-5-3-4-6-12(11)17-2/h7-8,11-12H,3-6H2,1-2H3,(H,15,16). The number of hydrogen-bond donors (Lipinski definition) is 1. The predicted octanol–water partition coefficient (Wildman–Crippen LogP) is 4.24. The van der Waals surface area contributed by atoms with E-state index in [1.54, 1.807) is 0 Å². The fraction of sp³-hybridized carbons (Fsp3) is 0.615. The minimum absolute atomic E-state index is 0.576. The Morgan fingerprint density at radius 1 is 1.35 bits per heavy atom. The summed E-state index contributed by atoms with van der Waals surface area (Å²) in [7, 11) is 0. The van der Waals surface area contributed by atoms with Crippen molar-refractivity contribution in [1.29, 1.82) is 0 Å². The molecule has 1 aliphatic rings. The molecule has 1 heterocycles. The maximum Gasteiger partial charge on any atom is 0.126 e. The van der Waals surface area contributed by atoms with E-state index < -0.39 is 0 Å². The van der Waals surface area contributed by atoms with Gasteiger partial charge in [0.2, 0.25) is 0 Å².